The van der Waals surface area contributed by atoms with Crippen LogP contribution in [0, 0.1) is 28.6 Å². The van der Waals surface area contributed by atoms with Crippen LogP contribution in [0.2, 0.25) is 0 Å². The Balaban J connectivity index is 1.15. The number of ether oxygens (including phenoxy) is 1. The first-order valence-electron chi connectivity index (χ1n) is 14.6. The lowest BCUT2D eigenvalue weighted by Gasteiger charge is -2.57. The molecule has 7 atom stereocenters. The van der Waals surface area contributed by atoms with Gasteiger partial charge in [0.2, 0.25) is 5.91 Å². The molecule has 0 heterocycles. The van der Waals surface area contributed by atoms with Crippen molar-refractivity contribution >= 4 is 23.6 Å². The average molecular weight is 536 g/mol. The van der Waals surface area contributed by atoms with Gasteiger partial charge in [0.15, 0.2) is 5.78 Å². The molecule has 0 bridgehead atoms. The number of carboxylic acid groups (broad SMARTS) is 1. The summed E-state index contributed by atoms with van der Waals surface area (Å²) < 4.78 is 6.02. The largest absolute Gasteiger partial charge is 0.480 e. The molecule has 2 N–H and O–H groups in total. The Kier molecular flexibility index (Phi) is 7.71. The molecule has 1 amide bonds. The topological polar surface area (TPSA) is 110 Å². The first-order valence-corrected chi connectivity index (χ1v) is 14.6. The van der Waals surface area contributed by atoms with Crippen molar-refractivity contribution in [3.8, 4) is 0 Å². The molecule has 3 fully saturated rings. The molecule has 7 heteroatoms. The summed E-state index contributed by atoms with van der Waals surface area (Å²) in [5.74, 6) is -0.00180. The third-order valence-corrected chi connectivity index (χ3v) is 10.6. The van der Waals surface area contributed by atoms with E-state index in [-0.39, 0.29) is 47.9 Å². The van der Waals surface area contributed by atoms with Gasteiger partial charge in [-0.05, 0) is 79.8 Å². The zero-order valence-corrected chi connectivity index (χ0v) is 23.1. The van der Waals surface area contributed by atoms with Crippen LogP contribution in [-0.4, -0.2) is 40.9 Å². The second-order valence-corrected chi connectivity index (χ2v) is 12.7. The van der Waals surface area contributed by atoms with Gasteiger partial charge in [0.1, 0.15) is 12.1 Å². The van der Waals surface area contributed by atoms with Gasteiger partial charge < -0.3 is 15.2 Å². The zero-order chi connectivity index (χ0) is 27.8. The molecule has 210 valence electrons. The Morgan fingerprint density at radius 1 is 1.00 bits per heavy atom. The number of carbonyl (C=O) groups is 4. The lowest BCUT2D eigenvalue weighted by molar-refractivity contribution is -0.160. The van der Waals surface area contributed by atoms with Crippen LogP contribution in [0.3, 0.4) is 0 Å². The Morgan fingerprint density at radius 3 is 2.51 bits per heavy atom. The highest BCUT2D eigenvalue weighted by Gasteiger charge is 2.59. The fourth-order valence-electron chi connectivity index (χ4n) is 8.45. The number of aliphatic carboxylic acids is 1. The van der Waals surface area contributed by atoms with Crippen LogP contribution in [-0.2, 0) is 30.3 Å². The van der Waals surface area contributed by atoms with Crippen molar-refractivity contribution in [2.75, 3.05) is 0 Å². The van der Waals surface area contributed by atoms with Gasteiger partial charge in [0.05, 0.1) is 6.42 Å². The molecular weight excluding hydrogens is 494 g/mol. The second kappa shape index (κ2) is 10.9. The molecule has 1 aromatic carbocycles. The van der Waals surface area contributed by atoms with E-state index in [0.717, 1.165) is 50.5 Å². The molecule has 0 saturated heterocycles. The average Bonchev–Trinajstić information content (AvgIpc) is 3.24. The summed E-state index contributed by atoms with van der Waals surface area (Å²) in [6, 6.07) is 8.10. The van der Waals surface area contributed by atoms with E-state index >= 15 is 0 Å². The minimum Gasteiger partial charge on any atom is -0.480 e. The molecule has 39 heavy (non-hydrogen) atoms. The van der Waals surface area contributed by atoms with E-state index < -0.39 is 17.9 Å². The number of carbonyl (C=O) groups excluding carboxylic acids is 3. The maximum atomic E-state index is 12.8. The molecule has 0 unspecified atom stereocenters. The summed E-state index contributed by atoms with van der Waals surface area (Å²) in [4.78, 5) is 49.1. The van der Waals surface area contributed by atoms with Crippen molar-refractivity contribution in [3.63, 3.8) is 0 Å². The minimum atomic E-state index is -1.10. The van der Waals surface area contributed by atoms with Crippen molar-refractivity contribution in [1.82, 2.24) is 5.32 Å². The van der Waals surface area contributed by atoms with E-state index in [1.54, 1.807) is 0 Å². The number of hydrogen-bond donors (Lipinski definition) is 2. The van der Waals surface area contributed by atoms with Gasteiger partial charge in [0.25, 0.3) is 0 Å². The van der Waals surface area contributed by atoms with Crippen LogP contribution < -0.4 is 5.32 Å². The first-order chi connectivity index (χ1) is 18.6. The lowest BCUT2D eigenvalue weighted by atomic mass is 9.47. The van der Waals surface area contributed by atoms with Gasteiger partial charge in [0, 0.05) is 24.7 Å². The Labute approximate surface area is 230 Å². The van der Waals surface area contributed by atoms with E-state index in [2.05, 4.69) is 19.2 Å². The number of fused-ring (bicyclic) bond motifs is 5. The predicted molar refractivity (Wildman–Crippen MR) is 146 cm³/mol. The fraction of sp³-hybridized carbons (Fsp3) is 0.625. The minimum absolute atomic E-state index is 0.0624. The number of rotatable bonds is 8. The van der Waals surface area contributed by atoms with Crippen molar-refractivity contribution in [2.45, 2.75) is 96.6 Å². The lowest BCUT2D eigenvalue weighted by Crippen LogP contribution is -2.51. The molecule has 4 aliphatic rings. The number of carboxylic acids is 1. The normalized spacial score (nSPS) is 34.1. The van der Waals surface area contributed by atoms with E-state index in [1.165, 1.54) is 5.57 Å². The molecule has 0 radical (unpaired) electrons. The van der Waals surface area contributed by atoms with E-state index in [9.17, 15) is 24.3 Å². The van der Waals surface area contributed by atoms with Crippen LogP contribution in [0.1, 0.15) is 83.6 Å². The summed E-state index contributed by atoms with van der Waals surface area (Å²) in [5.41, 5.74) is 2.23. The number of allylic oxidation sites excluding steroid dienone is 1. The third-order valence-electron chi connectivity index (χ3n) is 10.6. The third kappa shape index (κ3) is 5.42. The SMILES string of the molecule is C[C@]12CC[C@@H]3[C@H](CCC4=CC(=O)CC[C@@]43C)[C@H]1CC[C@H]2OC(=O)CCC(=O)N[C@@H](Cc1ccccc1)C(=O)O. The molecule has 5 rings (SSSR count). The molecule has 4 aliphatic carbocycles. The van der Waals surface area contributed by atoms with Gasteiger partial charge in [-0.15, -0.1) is 0 Å². The second-order valence-electron chi connectivity index (χ2n) is 12.7. The molecule has 0 aliphatic heterocycles. The first kappa shape index (κ1) is 27.6. The Bertz CT molecular complexity index is 1160. The summed E-state index contributed by atoms with van der Waals surface area (Å²) in [6.45, 7) is 4.65. The zero-order valence-electron chi connectivity index (χ0n) is 23.1. The standard InChI is InChI=1S/C32H41NO6/c1-31-16-14-22(34)19-21(31)8-9-23-24-10-11-27(32(24,2)17-15-25(23)31)39-29(36)13-12-28(35)33-26(30(37)38)18-20-6-4-3-5-7-20/h3-7,19,23-27H,8-18H2,1-2H3,(H,33,35)(H,37,38)/t23-,24-,25-,26+,27-,31+,32+/m1/s1. The number of ketones is 1. The van der Waals surface area contributed by atoms with Gasteiger partial charge in [-0.3, -0.25) is 14.4 Å². The molecule has 1 aromatic rings. The maximum Gasteiger partial charge on any atom is 0.326 e. The van der Waals surface area contributed by atoms with Gasteiger partial charge >= 0.3 is 11.9 Å². The van der Waals surface area contributed by atoms with Crippen molar-refractivity contribution < 1.29 is 29.0 Å². The molecule has 0 spiro atoms. The Hall–Kier alpha value is -2.96. The van der Waals surface area contributed by atoms with Crippen molar-refractivity contribution in [1.29, 1.82) is 0 Å². The van der Waals surface area contributed by atoms with Gasteiger partial charge in [-0.1, -0.05) is 49.8 Å². The van der Waals surface area contributed by atoms with Crippen LogP contribution in [0.5, 0.6) is 0 Å². The van der Waals surface area contributed by atoms with Crippen LogP contribution >= 0.6 is 0 Å². The maximum absolute atomic E-state index is 12.8. The predicted octanol–water partition coefficient (Wildman–Crippen LogP) is 5.02. The summed E-state index contributed by atoms with van der Waals surface area (Å²) >= 11 is 0. The number of nitrogens with one attached hydrogen (secondary N) is 1. The smallest absolute Gasteiger partial charge is 0.326 e. The highest BCUT2D eigenvalue weighted by Crippen LogP contribution is 2.65. The molecule has 0 aromatic heterocycles. The van der Waals surface area contributed by atoms with E-state index in [4.69, 9.17) is 4.74 Å². The van der Waals surface area contributed by atoms with Gasteiger partial charge in [-0.2, -0.15) is 0 Å². The summed E-state index contributed by atoms with van der Waals surface area (Å²) in [7, 11) is 0. The van der Waals surface area contributed by atoms with Crippen LogP contribution in [0.4, 0.5) is 0 Å². The quantitative estimate of drug-likeness (QED) is 0.452. The molecule has 3 saturated carbocycles. The number of hydrogen-bond acceptors (Lipinski definition) is 5. The number of benzene rings is 1. The van der Waals surface area contributed by atoms with E-state index in [1.807, 2.05) is 36.4 Å². The highest BCUT2D eigenvalue weighted by molar-refractivity contribution is 5.91. The number of esters is 1. The fourth-order valence-corrected chi connectivity index (χ4v) is 8.45. The molecule has 7 nitrogen and oxygen atoms in total. The van der Waals surface area contributed by atoms with Crippen molar-refractivity contribution in [3.05, 3.63) is 47.5 Å². The summed E-state index contributed by atoms with van der Waals surface area (Å²) in [5, 5.41) is 12.1. The van der Waals surface area contributed by atoms with Crippen molar-refractivity contribution in [2.24, 2.45) is 28.6 Å². The van der Waals surface area contributed by atoms with Crippen LogP contribution in [0.15, 0.2) is 42.0 Å². The number of amides is 1. The monoisotopic (exact) mass is 535 g/mol. The van der Waals surface area contributed by atoms with E-state index in [0.29, 0.717) is 24.2 Å². The van der Waals surface area contributed by atoms with Gasteiger partial charge in [-0.25, -0.2) is 4.79 Å². The summed E-state index contributed by atoms with van der Waals surface area (Å²) in [6.07, 6.45) is 9.51. The van der Waals surface area contributed by atoms with Crippen LogP contribution in [0.25, 0.3) is 0 Å². The Morgan fingerprint density at radius 2 is 1.77 bits per heavy atom. The highest BCUT2D eigenvalue weighted by atomic mass is 16.5. The molecular formula is C32H41NO6.